The molecule has 1 N–H and O–H groups in total. The Hall–Kier alpha value is -1.66. The van der Waals surface area contributed by atoms with E-state index < -0.39 is 0 Å². The van der Waals surface area contributed by atoms with Crippen LogP contribution in [0, 0.1) is 13.8 Å². The molecule has 1 saturated heterocycles. The molecule has 2 aliphatic rings. The summed E-state index contributed by atoms with van der Waals surface area (Å²) < 4.78 is 11.1. The van der Waals surface area contributed by atoms with E-state index in [0.717, 1.165) is 42.0 Å². The van der Waals surface area contributed by atoms with Gasteiger partial charge in [0.2, 0.25) is 0 Å². The molecule has 0 bridgehead atoms. The van der Waals surface area contributed by atoms with Crippen molar-refractivity contribution >= 4 is 5.91 Å². The van der Waals surface area contributed by atoms with E-state index >= 15 is 0 Å². The minimum atomic E-state index is -0.378. The van der Waals surface area contributed by atoms with Crippen molar-refractivity contribution in [2.24, 2.45) is 0 Å². The van der Waals surface area contributed by atoms with Gasteiger partial charge in [-0.25, -0.2) is 0 Å². The second-order valence-corrected chi connectivity index (χ2v) is 6.42. The minimum Gasteiger partial charge on any atom is -0.496 e. The molecular formula is C17H25N3O3. The van der Waals surface area contributed by atoms with Crippen molar-refractivity contribution in [2.75, 3.05) is 26.8 Å². The molecule has 23 heavy (non-hydrogen) atoms. The Labute approximate surface area is 137 Å². The van der Waals surface area contributed by atoms with Gasteiger partial charge in [-0.05, 0) is 26.7 Å². The Balaban J connectivity index is 1.64. The van der Waals surface area contributed by atoms with Crippen LogP contribution in [0.15, 0.2) is 6.20 Å². The summed E-state index contributed by atoms with van der Waals surface area (Å²) in [5, 5.41) is 3.02. The maximum Gasteiger partial charge on any atom is 0.250 e. The molecule has 3 rings (SSSR count). The van der Waals surface area contributed by atoms with Gasteiger partial charge < -0.3 is 14.8 Å². The standard InChI is InChI=1S/C17H25N3O3/c1-11-8-18-14(12(2)16(11)22-3)9-20-6-7-23-15(10-20)17(21)19-13-4-5-13/h8,13,15H,4-7,9-10H2,1-3H3,(H,19,21). The topological polar surface area (TPSA) is 63.7 Å². The van der Waals surface area contributed by atoms with Crippen LogP contribution in [-0.4, -0.2) is 54.7 Å². The summed E-state index contributed by atoms with van der Waals surface area (Å²) in [6, 6.07) is 0.367. The molecule has 1 saturated carbocycles. The molecule has 1 aliphatic heterocycles. The van der Waals surface area contributed by atoms with Gasteiger partial charge in [-0.1, -0.05) is 0 Å². The van der Waals surface area contributed by atoms with Gasteiger partial charge in [0.15, 0.2) is 0 Å². The smallest absolute Gasteiger partial charge is 0.250 e. The van der Waals surface area contributed by atoms with Crippen LogP contribution >= 0.6 is 0 Å². The summed E-state index contributed by atoms with van der Waals surface area (Å²) in [5.41, 5.74) is 3.10. The molecule has 1 amide bonds. The molecule has 2 heterocycles. The number of pyridine rings is 1. The van der Waals surface area contributed by atoms with Crippen molar-refractivity contribution < 1.29 is 14.3 Å². The molecule has 1 aromatic heterocycles. The number of nitrogens with one attached hydrogen (secondary N) is 1. The number of morpholine rings is 1. The van der Waals surface area contributed by atoms with Gasteiger partial charge >= 0.3 is 0 Å². The Morgan fingerprint density at radius 1 is 1.48 bits per heavy atom. The fourth-order valence-corrected chi connectivity index (χ4v) is 2.97. The Morgan fingerprint density at radius 2 is 2.26 bits per heavy atom. The first-order valence-corrected chi connectivity index (χ1v) is 8.22. The molecular weight excluding hydrogens is 294 g/mol. The molecule has 126 valence electrons. The molecule has 0 radical (unpaired) electrons. The number of carbonyl (C=O) groups is 1. The summed E-state index contributed by atoms with van der Waals surface area (Å²) in [7, 11) is 1.69. The van der Waals surface area contributed by atoms with Crippen LogP contribution < -0.4 is 10.1 Å². The lowest BCUT2D eigenvalue weighted by atomic mass is 10.1. The molecule has 6 heteroatoms. The fraction of sp³-hybridized carbons (Fsp3) is 0.647. The largest absolute Gasteiger partial charge is 0.496 e. The quantitative estimate of drug-likeness (QED) is 0.883. The summed E-state index contributed by atoms with van der Waals surface area (Å²) in [6.45, 7) is 6.73. The van der Waals surface area contributed by atoms with Crippen LogP contribution in [0.25, 0.3) is 0 Å². The number of ether oxygens (including phenoxy) is 2. The van der Waals surface area contributed by atoms with Gasteiger partial charge in [0.25, 0.3) is 5.91 Å². The molecule has 1 unspecified atom stereocenters. The van der Waals surface area contributed by atoms with Crippen LogP contribution in [0.1, 0.15) is 29.7 Å². The van der Waals surface area contributed by atoms with Crippen molar-refractivity contribution in [3.8, 4) is 5.75 Å². The number of hydrogen-bond donors (Lipinski definition) is 1. The average Bonchev–Trinajstić information content (AvgIpc) is 3.35. The molecule has 1 aromatic rings. The van der Waals surface area contributed by atoms with Crippen molar-refractivity contribution in [3.05, 3.63) is 23.0 Å². The van der Waals surface area contributed by atoms with E-state index in [9.17, 15) is 4.79 Å². The lowest BCUT2D eigenvalue weighted by Crippen LogP contribution is -2.50. The zero-order chi connectivity index (χ0) is 16.4. The van der Waals surface area contributed by atoms with Crippen LogP contribution in [0.4, 0.5) is 0 Å². The normalized spacial score (nSPS) is 22.0. The van der Waals surface area contributed by atoms with Gasteiger partial charge in [-0.15, -0.1) is 0 Å². The van der Waals surface area contributed by atoms with Crippen LogP contribution in [-0.2, 0) is 16.1 Å². The highest BCUT2D eigenvalue weighted by atomic mass is 16.5. The second-order valence-electron chi connectivity index (χ2n) is 6.42. The van der Waals surface area contributed by atoms with Crippen molar-refractivity contribution in [1.82, 2.24) is 15.2 Å². The summed E-state index contributed by atoms with van der Waals surface area (Å²) in [4.78, 5) is 18.9. The lowest BCUT2D eigenvalue weighted by molar-refractivity contribution is -0.139. The van der Waals surface area contributed by atoms with Gasteiger partial charge in [-0.3, -0.25) is 14.7 Å². The molecule has 0 aromatic carbocycles. The van der Waals surface area contributed by atoms with E-state index in [1.165, 1.54) is 0 Å². The minimum absolute atomic E-state index is 0.0170. The highest BCUT2D eigenvalue weighted by Crippen LogP contribution is 2.25. The van der Waals surface area contributed by atoms with Crippen molar-refractivity contribution in [1.29, 1.82) is 0 Å². The fourth-order valence-electron chi connectivity index (χ4n) is 2.97. The molecule has 1 atom stereocenters. The monoisotopic (exact) mass is 319 g/mol. The van der Waals surface area contributed by atoms with Gasteiger partial charge in [0.1, 0.15) is 11.9 Å². The van der Waals surface area contributed by atoms with Crippen molar-refractivity contribution in [2.45, 2.75) is 45.4 Å². The van der Waals surface area contributed by atoms with E-state index in [1.807, 2.05) is 20.0 Å². The van der Waals surface area contributed by atoms with E-state index in [4.69, 9.17) is 9.47 Å². The average molecular weight is 319 g/mol. The van der Waals surface area contributed by atoms with E-state index in [0.29, 0.717) is 25.7 Å². The van der Waals surface area contributed by atoms with Gasteiger partial charge in [0, 0.05) is 43.0 Å². The third kappa shape index (κ3) is 3.82. The van der Waals surface area contributed by atoms with Gasteiger partial charge in [0.05, 0.1) is 19.4 Å². The Bertz CT molecular complexity index is 587. The summed E-state index contributed by atoms with van der Waals surface area (Å²) >= 11 is 0. The predicted octanol–water partition coefficient (Wildman–Crippen LogP) is 1.19. The first-order chi connectivity index (χ1) is 11.1. The van der Waals surface area contributed by atoms with E-state index in [1.54, 1.807) is 7.11 Å². The number of aromatic nitrogens is 1. The van der Waals surface area contributed by atoms with E-state index in [2.05, 4.69) is 15.2 Å². The lowest BCUT2D eigenvalue weighted by Gasteiger charge is -2.32. The van der Waals surface area contributed by atoms with E-state index in [-0.39, 0.29) is 12.0 Å². The maximum atomic E-state index is 12.2. The zero-order valence-corrected chi connectivity index (χ0v) is 14.1. The van der Waals surface area contributed by atoms with Crippen LogP contribution in [0.3, 0.4) is 0 Å². The summed E-state index contributed by atoms with van der Waals surface area (Å²) in [6.07, 6.45) is 3.65. The molecule has 2 fully saturated rings. The third-order valence-electron chi connectivity index (χ3n) is 4.49. The Kier molecular flexibility index (Phi) is 4.82. The first kappa shape index (κ1) is 16.2. The molecule has 0 spiro atoms. The molecule has 6 nitrogen and oxygen atoms in total. The number of rotatable bonds is 5. The Morgan fingerprint density at radius 3 is 2.96 bits per heavy atom. The number of amides is 1. The number of aryl methyl sites for hydroxylation is 1. The van der Waals surface area contributed by atoms with Crippen LogP contribution in [0.5, 0.6) is 5.75 Å². The van der Waals surface area contributed by atoms with Crippen molar-refractivity contribution in [3.63, 3.8) is 0 Å². The SMILES string of the molecule is COc1c(C)cnc(CN2CCOC(C(=O)NC3CC3)C2)c1C. The van der Waals surface area contributed by atoms with Gasteiger partial charge in [-0.2, -0.15) is 0 Å². The molecule has 1 aliphatic carbocycles. The number of methoxy groups -OCH3 is 1. The number of hydrogen-bond acceptors (Lipinski definition) is 5. The highest BCUT2D eigenvalue weighted by molar-refractivity contribution is 5.81. The zero-order valence-electron chi connectivity index (χ0n) is 14.1. The highest BCUT2D eigenvalue weighted by Gasteiger charge is 2.31. The number of carbonyl (C=O) groups excluding carboxylic acids is 1. The number of nitrogens with zero attached hydrogens (tertiary/aromatic N) is 2. The van der Waals surface area contributed by atoms with Crippen LogP contribution in [0.2, 0.25) is 0 Å². The first-order valence-electron chi connectivity index (χ1n) is 8.22. The summed E-state index contributed by atoms with van der Waals surface area (Å²) in [5.74, 6) is 0.912. The third-order valence-corrected chi connectivity index (χ3v) is 4.49. The maximum absolute atomic E-state index is 12.2. The second kappa shape index (κ2) is 6.84. The predicted molar refractivity (Wildman–Crippen MR) is 86.4 cm³/mol.